The molecule has 4 heteroatoms. The van der Waals surface area contributed by atoms with E-state index >= 15 is 0 Å². The van der Waals surface area contributed by atoms with Gasteiger partial charge in [0.15, 0.2) is 0 Å². The summed E-state index contributed by atoms with van der Waals surface area (Å²) in [5, 5.41) is 0. The van der Waals surface area contributed by atoms with Crippen molar-refractivity contribution in [1.29, 1.82) is 0 Å². The standard InChI is InChI=1S/C16H17BrFNO/c1-20-16(11-6-3-2-4-7-11)14(19)10-12-8-5-9-13(18)15(12)17/h2-9,14,16H,10,19H2,1H3. The smallest absolute Gasteiger partial charge is 0.137 e. The van der Waals surface area contributed by atoms with Crippen LogP contribution in [0.3, 0.4) is 0 Å². The van der Waals surface area contributed by atoms with Crippen LogP contribution in [-0.2, 0) is 11.2 Å². The fraction of sp³-hybridized carbons (Fsp3) is 0.250. The van der Waals surface area contributed by atoms with Gasteiger partial charge in [0.1, 0.15) is 5.82 Å². The van der Waals surface area contributed by atoms with E-state index in [1.54, 1.807) is 13.2 Å². The molecule has 0 bridgehead atoms. The van der Waals surface area contributed by atoms with Crippen molar-refractivity contribution in [3.8, 4) is 0 Å². The predicted octanol–water partition coefficient (Wildman–Crippen LogP) is 3.85. The van der Waals surface area contributed by atoms with Crippen LogP contribution < -0.4 is 5.73 Å². The van der Waals surface area contributed by atoms with Gasteiger partial charge in [0.05, 0.1) is 10.6 Å². The molecule has 0 aliphatic carbocycles. The zero-order chi connectivity index (χ0) is 14.5. The Hall–Kier alpha value is -1.23. The van der Waals surface area contributed by atoms with Gasteiger partial charge in [-0.2, -0.15) is 0 Å². The summed E-state index contributed by atoms with van der Waals surface area (Å²) >= 11 is 3.26. The van der Waals surface area contributed by atoms with Crippen LogP contribution in [0.25, 0.3) is 0 Å². The van der Waals surface area contributed by atoms with E-state index in [1.165, 1.54) is 6.07 Å². The molecule has 2 aromatic rings. The zero-order valence-corrected chi connectivity index (χ0v) is 12.8. The first-order chi connectivity index (χ1) is 9.63. The summed E-state index contributed by atoms with van der Waals surface area (Å²) in [6.45, 7) is 0. The van der Waals surface area contributed by atoms with Gasteiger partial charge in [-0.1, -0.05) is 42.5 Å². The Morgan fingerprint density at radius 2 is 1.85 bits per heavy atom. The number of methoxy groups -OCH3 is 1. The first-order valence-electron chi connectivity index (χ1n) is 6.39. The second-order valence-electron chi connectivity index (χ2n) is 4.65. The molecule has 106 valence electrons. The minimum atomic E-state index is -0.275. The number of benzene rings is 2. The molecule has 2 nitrogen and oxygen atoms in total. The van der Waals surface area contributed by atoms with Gasteiger partial charge < -0.3 is 10.5 Å². The highest BCUT2D eigenvalue weighted by atomic mass is 79.9. The van der Waals surface area contributed by atoms with Crippen molar-refractivity contribution >= 4 is 15.9 Å². The second-order valence-corrected chi connectivity index (χ2v) is 5.44. The molecular formula is C16H17BrFNO. The summed E-state index contributed by atoms with van der Waals surface area (Å²) in [6.07, 6.45) is 0.317. The number of ether oxygens (including phenoxy) is 1. The molecule has 0 aliphatic rings. The molecule has 0 spiro atoms. The number of hydrogen-bond donors (Lipinski definition) is 1. The largest absolute Gasteiger partial charge is 0.375 e. The number of hydrogen-bond acceptors (Lipinski definition) is 2. The minimum Gasteiger partial charge on any atom is -0.375 e. The summed E-state index contributed by atoms with van der Waals surface area (Å²) < 4.78 is 19.5. The van der Waals surface area contributed by atoms with E-state index in [4.69, 9.17) is 10.5 Å². The Morgan fingerprint density at radius 3 is 2.50 bits per heavy atom. The lowest BCUT2D eigenvalue weighted by atomic mass is 9.96. The Morgan fingerprint density at radius 1 is 1.15 bits per heavy atom. The summed E-state index contributed by atoms with van der Waals surface area (Å²) in [7, 11) is 1.64. The summed E-state index contributed by atoms with van der Waals surface area (Å²) in [6, 6.07) is 14.5. The molecular weight excluding hydrogens is 321 g/mol. The third-order valence-electron chi connectivity index (χ3n) is 3.26. The molecule has 2 rings (SSSR count). The molecule has 2 aromatic carbocycles. The average molecular weight is 338 g/mol. The lowest BCUT2D eigenvalue weighted by molar-refractivity contribution is 0.0802. The van der Waals surface area contributed by atoms with E-state index in [0.717, 1.165) is 11.1 Å². The van der Waals surface area contributed by atoms with Crippen molar-refractivity contribution in [3.63, 3.8) is 0 Å². The Balaban J connectivity index is 2.18. The van der Waals surface area contributed by atoms with Gasteiger partial charge in [0, 0.05) is 13.2 Å². The van der Waals surface area contributed by atoms with Gasteiger partial charge >= 0.3 is 0 Å². The van der Waals surface area contributed by atoms with Gasteiger partial charge in [-0.05, 0) is 39.5 Å². The SMILES string of the molecule is COC(c1ccccc1)C(N)Cc1cccc(F)c1Br. The van der Waals surface area contributed by atoms with Crippen molar-refractivity contribution in [2.24, 2.45) is 5.73 Å². The molecule has 0 saturated heterocycles. The van der Waals surface area contributed by atoms with Crippen LogP contribution in [0.2, 0.25) is 0 Å². The highest BCUT2D eigenvalue weighted by Crippen LogP contribution is 2.26. The normalized spacial score (nSPS) is 14.0. The summed E-state index contributed by atoms with van der Waals surface area (Å²) in [5.41, 5.74) is 8.11. The zero-order valence-electron chi connectivity index (χ0n) is 11.2. The van der Waals surface area contributed by atoms with Crippen molar-refractivity contribution < 1.29 is 9.13 Å². The first kappa shape index (κ1) is 15.2. The minimum absolute atomic E-state index is 0.216. The second kappa shape index (κ2) is 6.97. The van der Waals surface area contributed by atoms with E-state index in [2.05, 4.69) is 15.9 Å². The lowest BCUT2D eigenvalue weighted by Crippen LogP contribution is -2.32. The topological polar surface area (TPSA) is 35.2 Å². The van der Waals surface area contributed by atoms with E-state index < -0.39 is 0 Å². The fourth-order valence-electron chi connectivity index (χ4n) is 2.27. The van der Waals surface area contributed by atoms with Gasteiger partial charge in [0.25, 0.3) is 0 Å². The maximum atomic E-state index is 13.5. The first-order valence-corrected chi connectivity index (χ1v) is 7.19. The van der Waals surface area contributed by atoms with E-state index in [1.807, 2.05) is 36.4 Å². The average Bonchev–Trinajstić information content (AvgIpc) is 2.46. The molecule has 0 saturated carbocycles. The molecule has 0 aromatic heterocycles. The molecule has 0 fully saturated rings. The van der Waals surface area contributed by atoms with Gasteiger partial charge in [-0.15, -0.1) is 0 Å². The molecule has 2 unspecified atom stereocenters. The van der Waals surface area contributed by atoms with Crippen LogP contribution >= 0.6 is 15.9 Å². The van der Waals surface area contributed by atoms with Crippen LogP contribution in [0.1, 0.15) is 17.2 Å². The Labute approximate surface area is 126 Å². The third kappa shape index (κ3) is 3.45. The molecule has 0 aliphatic heterocycles. The molecule has 0 amide bonds. The van der Waals surface area contributed by atoms with E-state index in [-0.39, 0.29) is 18.0 Å². The molecule has 0 radical (unpaired) electrons. The molecule has 0 heterocycles. The third-order valence-corrected chi connectivity index (χ3v) is 4.15. The monoisotopic (exact) mass is 337 g/mol. The van der Waals surface area contributed by atoms with Crippen LogP contribution in [0, 0.1) is 5.82 Å². The molecule has 2 atom stereocenters. The van der Waals surface area contributed by atoms with Gasteiger partial charge in [-0.3, -0.25) is 0 Å². The predicted molar refractivity (Wildman–Crippen MR) is 82.0 cm³/mol. The van der Waals surface area contributed by atoms with Crippen LogP contribution in [0.15, 0.2) is 53.0 Å². The highest BCUT2D eigenvalue weighted by molar-refractivity contribution is 9.10. The van der Waals surface area contributed by atoms with Crippen LogP contribution in [0.5, 0.6) is 0 Å². The fourth-order valence-corrected chi connectivity index (χ4v) is 2.69. The lowest BCUT2D eigenvalue weighted by Gasteiger charge is -2.23. The maximum Gasteiger partial charge on any atom is 0.137 e. The van der Waals surface area contributed by atoms with Crippen molar-refractivity contribution in [1.82, 2.24) is 0 Å². The summed E-state index contributed by atoms with van der Waals surface area (Å²) in [4.78, 5) is 0. The highest BCUT2D eigenvalue weighted by Gasteiger charge is 2.21. The summed E-state index contributed by atoms with van der Waals surface area (Å²) in [5.74, 6) is -0.275. The maximum absolute atomic E-state index is 13.5. The molecule has 2 N–H and O–H groups in total. The molecule has 20 heavy (non-hydrogen) atoms. The number of rotatable bonds is 5. The Bertz CT molecular complexity index is 562. The quantitative estimate of drug-likeness (QED) is 0.899. The van der Waals surface area contributed by atoms with Gasteiger partial charge in [0.2, 0.25) is 0 Å². The van der Waals surface area contributed by atoms with E-state index in [9.17, 15) is 4.39 Å². The van der Waals surface area contributed by atoms with Crippen molar-refractivity contribution in [2.45, 2.75) is 18.6 Å². The van der Waals surface area contributed by atoms with Crippen LogP contribution in [-0.4, -0.2) is 13.2 Å². The van der Waals surface area contributed by atoms with E-state index in [0.29, 0.717) is 10.9 Å². The van der Waals surface area contributed by atoms with Gasteiger partial charge in [-0.25, -0.2) is 4.39 Å². The number of halogens is 2. The Kier molecular flexibility index (Phi) is 5.29. The van der Waals surface area contributed by atoms with Crippen molar-refractivity contribution in [2.75, 3.05) is 7.11 Å². The van der Waals surface area contributed by atoms with Crippen molar-refractivity contribution in [3.05, 3.63) is 69.9 Å². The number of nitrogens with two attached hydrogens (primary N) is 1. The van der Waals surface area contributed by atoms with Crippen LogP contribution in [0.4, 0.5) is 4.39 Å².